The van der Waals surface area contributed by atoms with Crippen molar-refractivity contribution >= 4 is 17.1 Å². The number of ketones is 2. The first-order valence-corrected chi connectivity index (χ1v) is 7.46. The first kappa shape index (κ1) is 13.0. The fourth-order valence-electron chi connectivity index (χ4n) is 3.29. The summed E-state index contributed by atoms with van der Waals surface area (Å²) in [5.74, 6) is 0.0622. The number of hydrogen-bond acceptors (Lipinski definition) is 3. The first-order chi connectivity index (χ1) is 10.8. The van der Waals surface area contributed by atoms with E-state index in [0.29, 0.717) is 36.3 Å². The Morgan fingerprint density at radius 1 is 0.864 bits per heavy atom. The van der Waals surface area contributed by atoms with E-state index in [0.717, 1.165) is 11.1 Å². The largest absolute Gasteiger partial charge is 0.363 e. The van der Waals surface area contributed by atoms with Crippen molar-refractivity contribution in [2.45, 2.75) is 13.0 Å². The highest BCUT2D eigenvalue weighted by Gasteiger charge is 2.38. The highest BCUT2D eigenvalue weighted by atomic mass is 16.1. The molecule has 0 unspecified atom stereocenters. The average molecular weight is 289 g/mol. The van der Waals surface area contributed by atoms with Gasteiger partial charge >= 0.3 is 0 Å². The summed E-state index contributed by atoms with van der Waals surface area (Å²) in [4.78, 5) is 27.1. The van der Waals surface area contributed by atoms with Gasteiger partial charge in [0.25, 0.3) is 0 Å². The van der Waals surface area contributed by atoms with E-state index in [9.17, 15) is 9.59 Å². The fraction of sp³-hybridized carbons (Fsp3) is 0.158. The van der Waals surface area contributed by atoms with Crippen molar-refractivity contribution in [1.29, 1.82) is 0 Å². The second kappa shape index (κ2) is 4.95. The smallest absolute Gasteiger partial charge is 0.210 e. The number of hydrogen-bond donors (Lipinski definition) is 0. The third kappa shape index (κ3) is 1.90. The summed E-state index contributed by atoms with van der Waals surface area (Å²) in [6, 6.07) is 17.5. The van der Waals surface area contributed by atoms with Crippen LogP contribution in [0.2, 0.25) is 0 Å². The summed E-state index contributed by atoms with van der Waals surface area (Å²) in [7, 11) is 0. The Morgan fingerprint density at radius 2 is 1.55 bits per heavy atom. The Balaban J connectivity index is 1.78. The summed E-state index contributed by atoms with van der Waals surface area (Å²) in [6.07, 6.45) is 0.466. The molecule has 4 rings (SSSR count). The lowest BCUT2D eigenvalue weighted by molar-refractivity contribution is -0.114. The number of allylic oxidation sites excluding steroid dienone is 2. The van der Waals surface area contributed by atoms with Crippen molar-refractivity contribution in [2.24, 2.45) is 0 Å². The van der Waals surface area contributed by atoms with E-state index in [1.807, 2.05) is 54.6 Å². The molecule has 22 heavy (non-hydrogen) atoms. The topological polar surface area (TPSA) is 37.4 Å². The van der Waals surface area contributed by atoms with Gasteiger partial charge in [0.05, 0.1) is 11.3 Å². The number of rotatable bonds is 2. The van der Waals surface area contributed by atoms with Crippen LogP contribution in [0.3, 0.4) is 0 Å². The number of carbonyl (C=O) groups excluding carboxylic acids is 2. The molecule has 0 bridgehead atoms. The number of nitrogens with zero attached hydrogens (tertiary/aromatic N) is 1. The molecule has 0 aromatic heterocycles. The average Bonchev–Trinajstić information content (AvgIpc) is 2.86. The zero-order valence-corrected chi connectivity index (χ0v) is 12.1. The highest BCUT2D eigenvalue weighted by Crippen LogP contribution is 2.38. The van der Waals surface area contributed by atoms with Gasteiger partial charge in [-0.2, -0.15) is 0 Å². The maximum Gasteiger partial charge on any atom is 0.210 e. The second-order valence-corrected chi connectivity index (χ2v) is 5.68. The molecule has 3 nitrogen and oxygen atoms in total. The van der Waals surface area contributed by atoms with Crippen LogP contribution in [0, 0.1) is 0 Å². The molecule has 1 heterocycles. The fourth-order valence-corrected chi connectivity index (χ4v) is 3.29. The molecule has 2 aromatic rings. The SMILES string of the molecule is O=C1CCN(Cc2ccccc2)C2=C1c1ccccc1C2=O. The van der Waals surface area contributed by atoms with Crippen molar-refractivity contribution in [1.82, 2.24) is 4.90 Å². The van der Waals surface area contributed by atoms with Gasteiger partial charge in [0.15, 0.2) is 5.78 Å². The van der Waals surface area contributed by atoms with Crippen LogP contribution in [0.1, 0.15) is 27.9 Å². The lowest BCUT2D eigenvalue weighted by Gasteiger charge is -2.29. The first-order valence-electron chi connectivity index (χ1n) is 7.46. The van der Waals surface area contributed by atoms with Gasteiger partial charge in [-0.3, -0.25) is 9.59 Å². The Hall–Kier alpha value is -2.68. The van der Waals surface area contributed by atoms with Crippen LogP contribution in [-0.2, 0) is 11.3 Å². The van der Waals surface area contributed by atoms with Crippen molar-refractivity contribution in [3.63, 3.8) is 0 Å². The standard InChI is InChI=1S/C19H15NO2/c21-16-10-11-20(12-13-6-2-1-3-7-13)18-17(16)14-8-4-5-9-15(14)19(18)22/h1-9H,10-12H2. The Morgan fingerprint density at radius 3 is 2.32 bits per heavy atom. The molecule has 0 atom stereocenters. The number of Topliss-reactive ketones (excluding diaryl/α,β-unsaturated/α-hetero) is 2. The predicted molar refractivity (Wildman–Crippen MR) is 84.2 cm³/mol. The van der Waals surface area contributed by atoms with Crippen LogP contribution >= 0.6 is 0 Å². The molecule has 0 amide bonds. The lowest BCUT2D eigenvalue weighted by atomic mass is 9.97. The Labute approximate surface area is 128 Å². The maximum absolute atomic E-state index is 12.7. The van der Waals surface area contributed by atoms with Crippen molar-refractivity contribution in [3.8, 4) is 0 Å². The van der Waals surface area contributed by atoms with Crippen LogP contribution in [0.5, 0.6) is 0 Å². The Kier molecular flexibility index (Phi) is 2.93. The van der Waals surface area contributed by atoms with E-state index in [1.165, 1.54) is 0 Å². The van der Waals surface area contributed by atoms with E-state index in [1.54, 1.807) is 0 Å². The minimum atomic E-state index is -0.0189. The zero-order chi connectivity index (χ0) is 15.1. The van der Waals surface area contributed by atoms with Crippen molar-refractivity contribution in [2.75, 3.05) is 6.54 Å². The van der Waals surface area contributed by atoms with E-state index in [2.05, 4.69) is 4.90 Å². The zero-order valence-electron chi connectivity index (χ0n) is 12.1. The molecule has 1 aliphatic heterocycles. The van der Waals surface area contributed by atoms with Gasteiger partial charge in [0.1, 0.15) is 0 Å². The molecule has 0 saturated heterocycles. The highest BCUT2D eigenvalue weighted by molar-refractivity contribution is 6.35. The molecule has 0 radical (unpaired) electrons. The molecule has 0 N–H and O–H groups in total. The number of fused-ring (bicyclic) bond motifs is 2. The van der Waals surface area contributed by atoms with Gasteiger partial charge in [0.2, 0.25) is 5.78 Å². The van der Waals surface area contributed by atoms with Crippen molar-refractivity contribution < 1.29 is 9.59 Å². The van der Waals surface area contributed by atoms with E-state index < -0.39 is 0 Å². The maximum atomic E-state index is 12.7. The molecule has 2 aromatic carbocycles. The summed E-state index contributed by atoms with van der Waals surface area (Å²) in [6.45, 7) is 1.26. The lowest BCUT2D eigenvalue weighted by Crippen LogP contribution is -2.33. The molecule has 108 valence electrons. The molecule has 0 saturated carbocycles. The Bertz CT molecular complexity index is 805. The minimum absolute atomic E-state index is 0.0189. The number of benzene rings is 2. The molecular formula is C19H15NO2. The van der Waals surface area contributed by atoms with Gasteiger partial charge in [0, 0.05) is 25.1 Å². The van der Waals surface area contributed by atoms with Crippen LogP contribution < -0.4 is 0 Å². The van der Waals surface area contributed by atoms with Gasteiger partial charge in [-0.1, -0.05) is 54.6 Å². The molecule has 0 spiro atoms. The third-order valence-corrected chi connectivity index (χ3v) is 4.31. The van der Waals surface area contributed by atoms with Gasteiger partial charge in [-0.25, -0.2) is 0 Å². The predicted octanol–water partition coefficient (Wildman–Crippen LogP) is 3.07. The second-order valence-electron chi connectivity index (χ2n) is 5.68. The van der Waals surface area contributed by atoms with Crippen LogP contribution in [-0.4, -0.2) is 23.0 Å². The molecule has 2 aliphatic rings. The van der Waals surface area contributed by atoms with Crippen LogP contribution in [0.4, 0.5) is 0 Å². The molecule has 3 heteroatoms. The minimum Gasteiger partial charge on any atom is -0.363 e. The van der Waals surface area contributed by atoms with E-state index in [4.69, 9.17) is 0 Å². The van der Waals surface area contributed by atoms with Gasteiger partial charge < -0.3 is 4.90 Å². The number of carbonyl (C=O) groups is 2. The van der Waals surface area contributed by atoms with Crippen LogP contribution in [0.25, 0.3) is 5.57 Å². The van der Waals surface area contributed by atoms with E-state index >= 15 is 0 Å². The molecular weight excluding hydrogens is 274 g/mol. The summed E-state index contributed by atoms with van der Waals surface area (Å²) >= 11 is 0. The monoisotopic (exact) mass is 289 g/mol. The molecule has 0 fully saturated rings. The normalized spacial score (nSPS) is 16.8. The summed E-state index contributed by atoms with van der Waals surface area (Å²) in [5, 5.41) is 0. The van der Waals surface area contributed by atoms with Crippen LogP contribution in [0.15, 0.2) is 60.3 Å². The van der Waals surface area contributed by atoms with E-state index in [-0.39, 0.29) is 11.6 Å². The summed E-state index contributed by atoms with van der Waals surface area (Å²) in [5.41, 5.74) is 3.79. The molecule has 1 aliphatic carbocycles. The third-order valence-electron chi connectivity index (χ3n) is 4.31. The quantitative estimate of drug-likeness (QED) is 0.852. The van der Waals surface area contributed by atoms with Crippen molar-refractivity contribution in [3.05, 3.63) is 77.0 Å². The van der Waals surface area contributed by atoms with Gasteiger partial charge in [-0.15, -0.1) is 0 Å². The summed E-state index contributed by atoms with van der Waals surface area (Å²) < 4.78 is 0. The van der Waals surface area contributed by atoms with Gasteiger partial charge in [-0.05, 0) is 11.1 Å².